The lowest BCUT2D eigenvalue weighted by Crippen LogP contribution is -2.44. The van der Waals surface area contributed by atoms with Gasteiger partial charge in [-0.3, -0.25) is 14.3 Å². The molecular weight excluding hydrogens is 338 g/mol. The highest BCUT2D eigenvalue weighted by atomic mass is 16.5. The molecule has 0 radical (unpaired) electrons. The second-order valence-electron chi connectivity index (χ2n) is 7.15. The summed E-state index contributed by atoms with van der Waals surface area (Å²) in [6.45, 7) is 4.05. The van der Waals surface area contributed by atoms with Crippen molar-refractivity contribution < 1.29 is 19.4 Å². The maximum absolute atomic E-state index is 12.3. The summed E-state index contributed by atoms with van der Waals surface area (Å²) in [6, 6.07) is -0.362. The molecule has 1 saturated heterocycles. The summed E-state index contributed by atoms with van der Waals surface area (Å²) in [7, 11) is 0. The Labute approximate surface area is 152 Å². The van der Waals surface area contributed by atoms with Gasteiger partial charge < -0.3 is 20.5 Å². The van der Waals surface area contributed by atoms with Crippen LogP contribution >= 0.6 is 0 Å². The predicted molar refractivity (Wildman–Crippen MR) is 92.0 cm³/mol. The first kappa shape index (κ1) is 18.8. The van der Waals surface area contributed by atoms with Gasteiger partial charge in [-0.15, -0.1) is 5.10 Å². The molecule has 0 bridgehead atoms. The molecule has 2 aliphatic rings. The lowest BCUT2D eigenvalue weighted by molar-refractivity contribution is -0.129. The number of aromatic nitrogens is 3. The number of ether oxygens (including phenoxy) is 1. The van der Waals surface area contributed by atoms with Crippen molar-refractivity contribution in [2.75, 3.05) is 19.8 Å². The number of hydrogen-bond acceptors (Lipinski definition) is 6. The summed E-state index contributed by atoms with van der Waals surface area (Å²) in [6.07, 6.45) is 3.37. The summed E-state index contributed by atoms with van der Waals surface area (Å²) in [4.78, 5) is 24.6. The minimum atomic E-state index is -0.687. The van der Waals surface area contributed by atoms with E-state index in [2.05, 4.69) is 20.9 Å². The van der Waals surface area contributed by atoms with Crippen LogP contribution in [0.5, 0.6) is 0 Å². The number of aliphatic hydroxyl groups is 1. The van der Waals surface area contributed by atoms with Crippen molar-refractivity contribution in [3.05, 3.63) is 11.9 Å². The maximum Gasteiger partial charge on any atom is 0.223 e. The Morgan fingerprint density at radius 2 is 2.04 bits per heavy atom. The van der Waals surface area contributed by atoms with Crippen LogP contribution in [0, 0.1) is 18.8 Å². The first-order valence-corrected chi connectivity index (χ1v) is 9.23. The SMILES string of the molecule is Cc1cn(CCNC(=O)[C@@H]2C[C@@H](O)[C@H](NC(=O)C3CCOCC3)C2)nn1. The monoisotopic (exact) mass is 365 g/mol. The minimum Gasteiger partial charge on any atom is -0.391 e. The summed E-state index contributed by atoms with van der Waals surface area (Å²) in [5.41, 5.74) is 0.832. The van der Waals surface area contributed by atoms with Crippen molar-refractivity contribution in [3.63, 3.8) is 0 Å². The van der Waals surface area contributed by atoms with Gasteiger partial charge in [0.05, 0.1) is 24.4 Å². The van der Waals surface area contributed by atoms with E-state index in [4.69, 9.17) is 4.74 Å². The molecular formula is C17H27N5O4. The fourth-order valence-corrected chi connectivity index (χ4v) is 3.59. The number of rotatable bonds is 6. The standard InChI is InChI=1S/C17H27N5O4/c1-11-10-22(21-20-11)5-4-18-16(24)13-8-14(15(23)9-13)19-17(25)12-2-6-26-7-3-12/h10,12-15,23H,2-9H2,1H3,(H,18,24)(H,19,25)/t13-,14+,15+/m0/s1. The molecule has 3 rings (SSSR count). The van der Waals surface area contributed by atoms with Crippen LogP contribution in [-0.4, -0.2) is 63.8 Å². The van der Waals surface area contributed by atoms with E-state index in [1.807, 2.05) is 13.1 Å². The number of aliphatic hydroxyl groups excluding tert-OH is 1. The number of carbonyl (C=O) groups is 2. The molecule has 1 aromatic rings. The highest BCUT2D eigenvalue weighted by molar-refractivity contribution is 5.81. The number of aryl methyl sites for hydroxylation is 1. The molecule has 1 aromatic heterocycles. The van der Waals surface area contributed by atoms with Gasteiger partial charge in [-0.2, -0.15) is 0 Å². The van der Waals surface area contributed by atoms with Crippen LogP contribution in [0.3, 0.4) is 0 Å². The molecule has 144 valence electrons. The Kier molecular flexibility index (Phi) is 6.20. The van der Waals surface area contributed by atoms with E-state index in [9.17, 15) is 14.7 Å². The van der Waals surface area contributed by atoms with E-state index < -0.39 is 6.10 Å². The Morgan fingerprint density at radius 3 is 2.73 bits per heavy atom. The third-order valence-electron chi connectivity index (χ3n) is 5.11. The fraction of sp³-hybridized carbons (Fsp3) is 0.765. The van der Waals surface area contributed by atoms with E-state index in [1.54, 1.807) is 4.68 Å². The van der Waals surface area contributed by atoms with Gasteiger partial charge in [-0.1, -0.05) is 5.21 Å². The van der Waals surface area contributed by atoms with Crippen LogP contribution < -0.4 is 10.6 Å². The van der Waals surface area contributed by atoms with E-state index in [0.717, 1.165) is 5.69 Å². The van der Waals surface area contributed by atoms with E-state index in [1.165, 1.54) is 0 Å². The second-order valence-corrected chi connectivity index (χ2v) is 7.15. The van der Waals surface area contributed by atoms with E-state index in [-0.39, 0.29) is 29.7 Å². The summed E-state index contributed by atoms with van der Waals surface area (Å²) in [5, 5.41) is 23.8. The zero-order valence-corrected chi connectivity index (χ0v) is 15.1. The molecule has 26 heavy (non-hydrogen) atoms. The van der Waals surface area contributed by atoms with Crippen LogP contribution in [0.25, 0.3) is 0 Å². The zero-order valence-electron chi connectivity index (χ0n) is 15.1. The van der Waals surface area contributed by atoms with Gasteiger partial charge >= 0.3 is 0 Å². The first-order valence-electron chi connectivity index (χ1n) is 9.23. The van der Waals surface area contributed by atoms with Gasteiger partial charge in [0.1, 0.15) is 0 Å². The van der Waals surface area contributed by atoms with Crippen molar-refractivity contribution >= 4 is 11.8 Å². The molecule has 0 spiro atoms. The molecule has 0 aromatic carbocycles. The van der Waals surface area contributed by atoms with E-state index >= 15 is 0 Å². The lowest BCUT2D eigenvalue weighted by Gasteiger charge is -2.24. The van der Waals surface area contributed by atoms with Crippen LogP contribution in [-0.2, 0) is 20.9 Å². The van der Waals surface area contributed by atoms with Crippen LogP contribution in [0.15, 0.2) is 6.20 Å². The largest absolute Gasteiger partial charge is 0.391 e. The highest BCUT2D eigenvalue weighted by Gasteiger charge is 2.38. The van der Waals surface area contributed by atoms with Crippen molar-refractivity contribution in [2.24, 2.45) is 11.8 Å². The summed E-state index contributed by atoms with van der Waals surface area (Å²) in [5.74, 6) is -0.485. The van der Waals surface area contributed by atoms with Gasteiger partial charge in [-0.05, 0) is 32.6 Å². The Hall–Kier alpha value is -2.00. The normalized spacial score (nSPS) is 26.6. The van der Waals surface area contributed by atoms with Gasteiger partial charge in [-0.25, -0.2) is 0 Å². The molecule has 3 atom stereocenters. The zero-order chi connectivity index (χ0) is 18.5. The van der Waals surface area contributed by atoms with Gasteiger partial charge in [0, 0.05) is 37.8 Å². The third-order valence-corrected chi connectivity index (χ3v) is 5.11. The number of nitrogens with zero attached hydrogens (tertiary/aromatic N) is 3. The van der Waals surface area contributed by atoms with E-state index in [0.29, 0.717) is 52.0 Å². The topological polar surface area (TPSA) is 118 Å². The predicted octanol–water partition coefficient (Wildman–Crippen LogP) is -0.615. The quantitative estimate of drug-likeness (QED) is 0.619. The molecule has 1 aliphatic heterocycles. The molecule has 9 nitrogen and oxygen atoms in total. The molecule has 9 heteroatoms. The van der Waals surface area contributed by atoms with Crippen molar-refractivity contribution in [1.29, 1.82) is 0 Å². The smallest absolute Gasteiger partial charge is 0.223 e. The first-order chi connectivity index (χ1) is 12.5. The molecule has 0 unspecified atom stereocenters. The van der Waals surface area contributed by atoms with Gasteiger partial charge in [0.2, 0.25) is 11.8 Å². The van der Waals surface area contributed by atoms with Gasteiger partial charge in [0.25, 0.3) is 0 Å². The number of amides is 2. The average Bonchev–Trinajstić information content (AvgIpc) is 3.21. The number of carbonyl (C=O) groups excluding carboxylic acids is 2. The average molecular weight is 365 g/mol. The molecule has 2 heterocycles. The molecule has 1 aliphatic carbocycles. The molecule has 3 N–H and O–H groups in total. The van der Waals surface area contributed by atoms with Gasteiger partial charge in [0.15, 0.2) is 0 Å². The lowest BCUT2D eigenvalue weighted by atomic mass is 9.98. The number of nitrogens with one attached hydrogen (secondary N) is 2. The van der Waals surface area contributed by atoms with Crippen LogP contribution in [0.4, 0.5) is 0 Å². The Morgan fingerprint density at radius 1 is 1.27 bits per heavy atom. The van der Waals surface area contributed by atoms with Crippen LogP contribution in [0.1, 0.15) is 31.4 Å². The Bertz CT molecular complexity index is 628. The fourth-order valence-electron chi connectivity index (χ4n) is 3.59. The number of hydrogen-bond donors (Lipinski definition) is 3. The van der Waals surface area contributed by atoms with Crippen molar-refractivity contribution in [2.45, 2.75) is 51.3 Å². The summed E-state index contributed by atoms with van der Waals surface area (Å²) < 4.78 is 6.94. The highest BCUT2D eigenvalue weighted by Crippen LogP contribution is 2.27. The van der Waals surface area contributed by atoms with Crippen LogP contribution in [0.2, 0.25) is 0 Å². The maximum atomic E-state index is 12.3. The third kappa shape index (κ3) is 4.79. The molecule has 1 saturated carbocycles. The summed E-state index contributed by atoms with van der Waals surface area (Å²) >= 11 is 0. The minimum absolute atomic E-state index is 0.0417. The van der Waals surface area contributed by atoms with Crippen molar-refractivity contribution in [1.82, 2.24) is 25.6 Å². The van der Waals surface area contributed by atoms with Crippen molar-refractivity contribution in [3.8, 4) is 0 Å². The Balaban J connectivity index is 1.42. The molecule has 2 amide bonds. The second kappa shape index (κ2) is 8.59. The molecule has 2 fully saturated rings.